The van der Waals surface area contributed by atoms with Crippen LogP contribution in [0.2, 0.25) is 5.02 Å². The van der Waals surface area contributed by atoms with Crippen LogP contribution in [0.25, 0.3) is 11.0 Å². The first-order valence-corrected chi connectivity index (χ1v) is 10.2. The van der Waals surface area contributed by atoms with Crippen molar-refractivity contribution in [3.63, 3.8) is 0 Å². The van der Waals surface area contributed by atoms with E-state index in [1.807, 2.05) is 12.1 Å². The number of hydrogen-bond acceptors (Lipinski definition) is 4. The average Bonchev–Trinajstić information content (AvgIpc) is 3.24. The topological polar surface area (TPSA) is 79.6 Å². The molecule has 1 unspecified atom stereocenters. The van der Waals surface area contributed by atoms with Crippen LogP contribution in [-0.2, 0) is 29.7 Å². The highest BCUT2D eigenvalue weighted by molar-refractivity contribution is 6.32. The average molecular weight is 423 g/mol. The van der Waals surface area contributed by atoms with Crippen molar-refractivity contribution in [3.05, 3.63) is 80.2 Å². The molecule has 1 fully saturated rings. The molecule has 0 bridgehead atoms. The van der Waals surface area contributed by atoms with Gasteiger partial charge in [-0.05, 0) is 61.1 Å². The molecule has 1 atom stereocenters. The Morgan fingerprint density at radius 2 is 1.83 bits per heavy atom. The van der Waals surface area contributed by atoms with Crippen LogP contribution in [0.4, 0.5) is 4.79 Å². The standard InChI is InChI=1S/C23H19ClN2O4/c1-23(17-7-2-3-8-18(17)24)21(28)26(22(29)25-23)12-15-11-20(27)30-19-10-14-6-4-5-13(14)9-16(15)19/h2-3,7-11H,4-6,12H2,1H3,(H,25,29). The van der Waals surface area contributed by atoms with Gasteiger partial charge in [-0.3, -0.25) is 9.69 Å². The first kappa shape index (κ1) is 18.9. The molecule has 0 radical (unpaired) electrons. The van der Waals surface area contributed by atoms with Crippen LogP contribution in [0.3, 0.4) is 0 Å². The summed E-state index contributed by atoms with van der Waals surface area (Å²) in [5.41, 5.74) is 2.23. The molecule has 2 aliphatic rings. The first-order valence-electron chi connectivity index (χ1n) is 9.84. The van der Waals surface area contributed by atoms with Gasteiger partial charge in [0.1, 0.15) is 11.1 Å². The van der Waals surface area contributed by atoms with Gasteiger partial charge in [-0.2, -0.15) is 0 Å². The minimum absolute atomic E-state index is 0.0222. The SMILES string of the molecule is CC1(c2ccccc2Cl)NC(=O)N(Cc2cc(=O)oc3cc4c(cc23)CCC4)C1=O. The van der Waals surface area contributed by atoms with E-state index in [1.165, 1.54) is 17.2 Å². The van der Waals surface area contributed by atoms with Crippen LogP contribution in [0, 0.1) is 0 Å². The molecule has 152 valence electrons. The molecule has 6 nitrogen and oxygen atoms in total. The van der Waals surface area contributed by atoms with Gasteiger partial charge < -0.3 is 9.73 Å². The van der Waals surface area contributed by atoms with Gasteiger partial charge in [0.05, 0.1) is 6.54 Å². The maximum absolute atomic E-state index is 13.3. The van der Waals surface area contributed by atoms with Crippen LogP contribution in [0.1, 0.15) is 35.6 Å². The number of fused-ring (bicyclic) bond motifs is 2. The van der Waals surface area contributed by atoms with Crippen molar-refractivity contribution in [1.29, 1.82) is 0 Å². The van der Waals surface area contributed by atoms with E-state index in [9.17, 15) is 14.4 Å². The summed E-state index contributed by atoms with van der Waals surface area (Å²) in [6, 6.07) is 11.7. The first-order chi connectivity index (χ1) is 14.4. The number of carbonyl (C=O) groups excluding carboxylic acids is 2. The number of nitrogens with one attached hydrogen (secondary N) is 1. The molecule has 0 spiro atoms. The highest BCUT2D eigenvalue weighted by Crippen LogP contribution is 2.35. The summed E-state index contributed by atoms with van der Waals surface area (Å²) >= 11 is 6.29. The predicted octanol–water partition coefficient (Wildman–Crippen LogP) is 3.90. The summed E-state index contributed by atoms with van der Waals surface area (Å²) in [7, 11) is 0. The largest absolute Gasteiger partial charge is 0.423 e. The van der Waals surface area contributed by atoms with Crippen molar-refractivity contribution >= 4 is 34.5 Å². The van der Waals surface area contributed by atoms with E-state index >= 15 is 0 Å². The lowest BCUT2D eigenvalue weighted by Gasteiger charge is -2.23. The van der Waals surface area contributed by atoms with E-state index in [2.05, 4.69) is 5.32 Å². The molecule has 1 aromatic heterocycles. The number of carbonyl (C=O) groups is 2. The molecule has 1 N–H and O–H groups in total. The normalized spacial score (nSPS) is 20.7. The minimum Gasteiger partial charge on any atom is -0.423 e. The number of hydrogen-bond donors (Lipinski definition) is 1. The van der Waals surface area contributed by atoms with E-state index in [0.717, 1.165) is 29.5 Å². The second-order valence-electron chi connectivity index (χ2n) is 7.99. The molecule has 7 heteroatoms. The zero-order chi connectivity index (χ0) is 21.0. The van der Waals surface area contributed by atoms with E-state index < -0.39 is 23.1 Å². The number of imide groups is 1. The van der Waals surface area contributed by atoms with Gasteiger partial charge in [-0.25, -0.2) is 9.59 Å². The lowest BCUT2D eigenvalue weighted by Crippen LogP contribution is -2.41. The van der Waals surface area contributed by atoms with E-state index in [4.69, 9.17) is 16.0 Å². The van der Waals surface area contributed by atoms with E-state index in [-0.39, 0.29) is 6.54 Å². The fourth-order valence-electron chi connectivity index (χ4n) is 4.49. The van der Waals surface area contributed by atoms with Crippen LogP contribution in [0.5, 0.6) is 0 Å². The lowest BCUT2D eigenvalue weighted by molar-refractivity contribution is -0.131. The maximum Gasteiger partial charge on any atom is 0.336 e. The second kappa shape index (κ2) is 6.71. The quantitative estimate of drug-likeness (QED) is 0.512. The fourth-order valence-corrected chi connectivity index (χ4v) is 4.81. The smallest absolute Gasteiger partial charge is 0.336 e. The second-order valence-corrected chi connectivity index (χ2v) is 8.39. The number of urea groups is 1. The molecule has 30 heavy (non-hydrogen) atoms. The van der Waals surface area contributed by atoms with Crippen molar-refractivity contribution in [3.8, 4) is 0 Å². The molecule has 0 saturated carbocycles. The lowest BCUT2D eigenvalue weighted by atomic mass is 9.92. The highest BCUT2D eigenvalue weighted by Gasteiger charge is 2.49. The summed E-state index contributed by atoms with van der Waals surface area (Å²) in [4.78, 5) is 39.3. The van der Waals surface area contributed by atoms with Crippen molar-refractivity contribution in [2.24, 2.45) is 0 Å². The fraction of sp³-hybridized carbons (Fsp3) is 0.261. The number of amides is 3. The molecular weight excluding hydrogens is 404 g/mol. The van der Waals surface area contributed by atoms with Gasteiger partial charge in [-0.15, -0.1) is 0 Å². The van der Waals surface area contributed by atoms with Crippen molar-refractivity contribution in [1.82, 2.24) is 10.2 Å². The van der Waals surface area contributed by atoms with E-state index in [0.29, 0.717) is 21.7 Å². The summed E-state index contributed by atoms with van der Waals surface area (Å²) < 4.78 is 5.39. The predicted molar refractivity (Wildman–Crippen MR) is 112 cm³/mol. The molecule has 3 amide bonds. The van der Waals surface area contributed by atoms with E-state index in [1.54, 1.807) is 31.2 Å². The Balaban J connectivity index is 1.56. The van der Waals surface area contributed by atoms with Gasteiger partial charge in [-0.1, -0.05) is 29.8 Å². The molecule has 2 heterocycles. The third-order valence-corrected chi connectivity index (χ3v) is 6.39. The Labute approximate surface area is 177 Å². The summed E-state index contributed by atoms with van der Waals surface area (Å²) in [5.74, 6) is -0.414. The third-order valence-electron chi connectivity index (χ3n) is 6.06. The number of halogens is 1. The van der Waals surface area contributed by atoms with Crippen LogP contribution in [-0.4, -0.2) is 16.8 Å². The number of aryl methyl sites for hydroxylation is 2. The van der Waals surface area contributed by atoms with Gasteiger partial charge in [0.25, 0.3) is 5.91 Å². The van der Waals surface area contributed by atoms with Crippen LogP contribution in [0.15, 0.2) is 51.7 Å². The molecule has 5 rings (SSSR count). The van der Waals surface area contributed by atoms with Crippen molar-refractivity contribution in [2.75, 3.05) is 0 Å². The Morgan fingerprint density at radius 1 is 1.10 bits per heavy atom. The summed E-state index contributed by atoms with van der Waals surface area (Å²) in [5, 5.41) is 3.92. The van der Waals surface area contributed by atoms with Crippen molar-refractivity contribution in [2.45, 2.75) is 38.3 Å². The van der Waals surface area contributed by atoms with Gasteiger partial charge in [0, 0.05) is 22.0 Å². The number of rotatable bonds is 3. The van der Waals surface area contributed by atoms with Gasteiger partial charge in [0.2, 0.25) is 0 Å². The molecule has 1 saturated heterocycles. The summed E-state index contributed by atoms with van der Waals surface area (Å²) in [6.45, 7) is 1.62. The molecule has 1 aliphatic carbocycles. The molecule has 1 aliphatic heterocycles. The monoisotopic (exact) mass is 422 g/mol. The zero-order valence-electron chi connectivity index (χ0n) is 16.3. The molecular formula is C23H19ClN2O4. The molecule has 3 aromatic rings. The Hall–Kier alpha value is -3.12. The van der Waals surface area contributed by atoms with Gasteiger partial charge >= 0.3 is 11.7 Å². The zero-order valence-corrected chi connectivity index (χ0v) is 17.1. The van der Waals surface area contributed by atoms with Gasteiger partial charge in [0.15, 0.2) is 0 Å². The van der Waals surface area contributed by atoms with Crippen molar-refractivity contribution < 1.29 is 14.0 Å². The molecule has 2 aromatic carbocycles. The maximum atomic E-state index is 13.3. The van der Waals surface area contributed by atoms with Crippen LogP contribution < -0.4 is 10.9 Å². The Morgan fingerprint density at radius 3 is 2.60 bits per heavy atom. The number of nitrogens with zero attached hydrogens (tertiary/aromatic N) is 1. The summed E-state index contributed by atoms with van der Waals surface area (Å²) in [6.07, 6.45) is 2.99. The Kier molecular flexibility index (Phi) is 4.22. The number of benzene rings is 2. The third kappa shape index (κ3) is 2.82. The van der Waals surface area contributed by atoms with Crippen LogP contribution >= 0.6 is 11.6 Å². The highest BCUT2D eigenvalue weighted by atomic mass is 35.5. The Bertz CT molecular complexity index is 1280. The minimum atomic E-state index is -1.27.